The van der Waals surface area contributed by atoms with Crippen molar-refractivity contribution in [2.45, 2.75) is 18.0 Å². The number of esters is 2. The highest BCUT2D eigenvalue weighted by molar-refractivity contribution is 6.05. The summed E-state index contributed by atoms with van der Waals surface area (Å²) in [6, 6.07) is 4.46. The van der Waals surface area contributed by atoms with E-state index in [0.29, 0.717) is 6.29 Å². The molecule has 1 atom stereocenters. The van der Waals surface area contributed by atoms with Crippen molar-refractivity contribution in [1.29, 1.82) is 0 Å². The lowest BCUT2D eigenvalue weighted by Crippen LogP contribution is -2.49. The fraction of sp³-hybridized carbons (Fsp3) is 0.357. The zero-order chi connectivity index (χ0) is 17.6. The van der Waals surface area contributed by atoms with Crippen LogP contribution in [-0.4, -0.2) is 43.0 Å². The van der Waals surface area contributed by atoms with Gasteiger partial charge in [-0.2, -0.15) is 0 Å². The molecule has 0 fully saturated rings. The Kier molecular flexibility index (Phi) is 5.88. The first-order chi connectivity index (χ1) is 10.8. The van der Waals surface area contributed by atoms with Crippen molar-refractivity contribution in [1.82, 2.24) is 0 Å². The first-order valence-electron chi connectivity index (χ1n) is 6.36. The van der Waals surface area contributed by atoms with Crippen molar-refractivity contribution >= 4 is 23.9 Å². The van der Waals surface area contributed by atoms with Crippen LogP contribution in [-0.2, 0) is 23.9 Å². The Morgan fingerprint density at radius 3 is 2.09 bits per heavy atom. The highest BCUT2D eigenvalue weighted by Crippen LogP contribution is 2.37. The maximum atomic E-state index is 15.1. The number of carbonyl (C=O) groups is 3. The number of halogens is 1. The zero-order valence-corrected chi connectivity index (χ0v) is 12.4. The summed E-state index contributed by atoms with van der Waals surface area (Å²) in [6.45, 7) is 0. The van der Waals surface area contributed by atoms with Gasteiger partial charge >= 0.3 is 17.6 Å². The molecule has 0 aliphatic heterocycles. The van der Waals surface area contributed by atoms with Gasteiger partial charge in [-0.1, -0.05) is 12.1 Å². The van der Waals surface area contributed by atoms with E-state index >= 15 is 4.39 Å². The molecular weight excluding hydrogens is 313 g/mol. The van der Waals surface area contributed by atoms with Crippen LogP contribution >= 0.6 is 0 Å². The lowest BCUT2D eigenvalue weighted by Gasteiger charge is -2.28. The number of benzene rings is 1. The molecule has 0 aliphatic rings. The van der Waals surface area contributed by atoms with Crippen molar-refractivity contribution in [2.24, 2.45) is 0 Å². The molecule has 0 aliphatic carbocycles. The van der Waals surface area contributed by atoms with E-state index in [4.69, 9.17) is 0 Å². The third kappa shape index (κ3) is 3.50. The topological polar surface area (TPSA) is 113 Å². The summed E-state index contributed by atoms with van der Waals surface area (Å²) in [5.74, 6) is -4.58. The molecule has 0 heterocycles. The Morgan fingerprint density at radius 2 is 1.74 bits per heavy atom. The number of hydrogen-bond acceptors (Lipinski definition) is 7. The standard InChI is InChI=1S/C14H14FNO7/c1-22-12(18)14(15,13(19)23-2)11(7-8-17)9-3-5-10(6-4-9)16(20)21/h3-6,8,11H,7H2,1-2H3. The fourth-order valence-electron chi connectivity index (χ4n) is 2.12. The van der Waals surface area contributed by atoms with Gasteiger partial charge in [-0.05, 0) is 5.56 Å². The largest absolute Gasteiger partial charge is 0.466 e. The van der Waals surface area contributed by atoms with Crippen LogP contribution in [0.4, 0.5) is 10.1 Å². The number of ether oxygens (including phenoxy) is 2. The molecule has 1 aromatic carbocycles. The number of aldehydes is 1. The Hall–Kier alpha value is -2.84. The highest BCUT2D eigenvalue weighted by Gasteiger charge is 2.56. The Morgan fingerprint density at radius 1 is 1.26 bits per heavy atom. The normalized spacial score (nSPS) is 12.1. The van der Waals surface area contributed by atoms with E-state index in [1.807, 2.05) is 0 Å². The number of methoxy groups -OCH3 is 2. The molecule has 23 heavy (non-hydrogen) atoms. The molecule has 0 amide bonds. The molecular formula is C14H14FNO7. The van der Waals surface area contributed by atoms with Crippen molar-refractivity contribution in [2.75, 3.05) is 14.2 Å². The first kappa shape index (κ1) is 18.2. The SMILES string of the molecule is COC(=O)C(F)(C(=O)OC)C(CC=O)c1ccc([N+](=O)[O-])cc1. The van der Waals surface area contributed by atoms with Gasteiger partial charge < -0.3 is 14.3 Å². The van der Waals surface area contributed by atoms with Crippen LogP contribution in [0.15, 0.2) is 24.3 Å². The molecule has 1 rings (SSSR count). The maximum absolute atomic E-state index is 15.1. The van der Waals surface area contributed by atoms with E-state index < -0.39 is 34.9 Å². The van der Waals surface area contributed by atoms with Crippen molar-refractivity contribution in [3.8, 4) is 0 Å². The van der Waals surface area contributed by atoms with Crippen LogP contribution in [0, 0.1) is 10.1 Å². The molecule has 8 nitrogen and oxygen atoms in total. The summed E-state index contributed by atoms with van der Waals surface area (Å²) >= 11 is 0. The minimum Gasteiger partial charge on any atom is -0.466 e. The van der Waals surface area contributed by atoms with E-state index in [2.05, 4.69) is 9.47 Å². The summed E-state index contributed by atoms with van der Waals surface area (Å²) in [5.41, 5.74) is -3.47. The zero-order valence-electron chi connectivity index (χ0n) is 12.4. The van der Waals surface area contributed by atoms with Gasteiger partial charge in [-0.3, -0.25) is 10.1 Å². The smallest absolute Gasteiger partial charge is 0.356 e. The molecule has 0 spiro atoms. The molecule has 0 N–H and O–H groups in total. The average Bonchev–Trinajstić information content (AvgIpc) is 2.57. The molecule has 0 saturated carbocycles. The van der Waals surface area contributed by atoms with Crippen molar-refractivity contribution < 1.29 is 33.2 Å². The summed E-state index contributed by atoms with van der Waals surface area (Å²) < 4.78 is 23.8. The second-order valence-corrected chi connectivity index (χ2v) is 4.50. The summed E-state index contributed by atoms with van der Waals surface area (Å²) in [7, 11) is 1.76. The third-order valence-electron chi connectivity index (χ3n) is 3.28. The number of nitrogens with zero attached hydrogens (tertiary/aromatic N) is 1. The van der Waals surface area contributed by atoms with Gasteiger partial charge in [0.2, 0.25) is 0 Å². The summed E-state index contributed by atoms with van der Waals surface area (Å²) in [4.78, 5) is 44.4. The van der Waals surface area contributed by atoms with Gasteiger partial charge in [0.25, 0.3) is 5.69 Å². The number of hydrogen-bond donors (Lipinski definition) is 0. The van der Waals surface area contributed by atoms with Crippen molar-refractivity contribution in [3.63, 3.8) is 0 Å². The number of carbonyl (C=O) groups excluding carboxylic acids is 3. The monoisotopic (exact) mass is 327 g/mol. The number of nitro groups is 1. The fourth-order valence-corrected chi connectivity index (χ4v) is 2.12. The Labute approximate surface area is 130 Å². The average molecular weight is 327 g/mol. The van der Waals surface area contributed by atoms with E-state index in [1.54, 1.807) is 0 Å². The highest BCUT2D eigenvalue weighted by atomic mass is 19.1. The predicted octanol–water partition coefficient (Wildman–Crippen LogP) is 1.32. The molecule has 0 bridgehead atoms. The van der Waals surface area contributed by atoms with Gasteiger partial charge in [-0.15, -0.1) is 0 Å². The van der Waals surface area contributed by atoms with Crippen LogP contribution in [0.1, 0.15) is 17.9 Å². The minimum absolute atomic E-state index is 0.0426. The third-order valence-corrected chi connectivity index (χ3v) is 3.28. The minimum atomic E-state index is -3.25. The second kappa shape index (κ2) is 7.43. The molecule has 1 unspecified atom stereocenters. The summed E-state index contributed by atoms with van der Waals surface area (Å²) in [5, 5.41) is 10.6. The Bertz CT molecular complexity index is 598. The second-order valence-electron chi connectivity index (χ2n) is 4.50. The van der Waals surface area contributed by atoms with Gasteiger partial charge in [0.1, 0.15) is 6.29 Å². The van der Waals surface area contributed by atoms with Crippen molar-refractivity contribution in [3.05, 3.63) is 39.9 Å². The molecule has 1 aromatic rings. The number of alkyl halides is 1. The number of nitro benzene ring substituents is 1. The molecule has 0 aromatic heterocycles. The molecule has 9 heteroatoms. The van der Waals surface area contributed by atoms with Crippen LogP contribution < -0.4 is 0 Å². The molecule has 0 radical (unpaired) electrons. The van der Waals surface area contributed by atoms with Gasteiger partial charge in [0.15, 0.2) is 0 Å². The lowest BCUT2D eigenvalue weighted by atomic mass is 9.81. The first-order valence-corrected chi connectivity index (χ1v) is 6.36. The molecule has 124 valence electrons. The number of rotatable bonds is 7. The van der Waals surface area contributed by atoms with Gasteiger partial charge in [0, 0.05) is 24.5 Å². The van der Waals surface area contributed by atoms with Crippen LogP contribution in [0.2, 0.25) is 0 Å². The van der Waals surface area contributed by atoms with E-state index in [9.17, 15) is 24.5 Å². The Balaban J connectivity index is 3.40. The van der Waals surface area contributed by atoms with Crippen LogP contribution in [0.25, 0.3) is 0 Å². The van der Waals surface area contributed by atoms with E-state index in [1.165, 1.54) is 0 Å². The summed E-state index contributed by atoms with van der Waals surface area (Å²) in [6.07, 6.45) is -0.204. The van der Waals surface area contributed by atoms with Crippen LogP contribution in [0.3, 0.4) is 0 Å². The van der Waals surface area contributed by atoms with Crippen LogP contribution in [0.5, 0.6) is 0 Å². The predicted molar refractivity (Wildman–Crippen MR) is 74.4 cm³/mol. The molecule has 0 saturated heterocycles. The number of non-ortho nitro benzene ring substituents is 1. The lowest BCUT2D eigenvalue weighted by molar-refractivity contribution is -0.384. The quantitative estimate of drug-likeness (QED) is 0.244. The van der Waals surface area contributed by atoms with E-state index in [0.717, 1.165) is 38.5 Å². The van der Waals surface area contributed by atoms with Gasteiger partial charge in [-0.25, -0.2) is 14.0 Å². The van der Waals surface area contributed by atoms with E-state index in [-0.39, 0.29) is 11.3 Å². The maximum Gasteiger partial charge on any atom is 0.356 e. The van der Waals surface area contributed by atoms with Gasteiger partial charge in [0.05, 0.1) is 19.1 Å².